The second-order valence-electron chi connectivity index (χ2n) is 7.12. The zero-order valence-electron chi connectivity index (χ0n) is 16.4. The molecule has 0 bridgehead atoms. The maximum Gasteiger partial charge on any atom is 0.416 e. The van der Waals surface area contributed by atoms with Crippen LogP contribution in [0.5, 0.6) is 0 Å². The number of nitrogens with zero attached hydrogens (tertiary/aromatic N) is 2. The van der Waals surface area contributed by atoms with E-state index >= 15 is 0 Å². The normalized spacial score (nSPS) is 14.8. The van der Waals surface area contributed by atoms with Crippen LogP contribution >= 0.6 is 11.6 Å². The molecule has 0 radical (unpaired) electrons. The molecule has 3 N–H and O–H groups in total. The van der Waals surface area contributed by atoms with Gasteiger partial charge in [-0.2, -0.15) is 13.2 Å². The summed E-state index contributed by atoms with van der Waals surface area (Å²) in [6.07, 6.45) is -0.0798. The van der Waals surface area contributed by atoms with E-state index in [2.05, 4.69) is 20.9 Å². The van der Waals surface area contributed by atoms with Gasteiger partial charge >= 0.3 is 18.2 Å². The minimum Gasteiger partial charge on any atom is -0.338 e. The van der Waals surface area contributed by atoms with Gasteiger partial charge in [-0.3, -0.25) is 4.98 Å². The van der Waals surface area contributed by atoms with Crippen molar-refractivity contribution < 1.29 is 22.8 Å². The van der Waals surface area contributed by atoms with Crippen molar-refractivity contribution in [2.45, 2.75) is 19.0 Å². The molecule has 1 aromatic heterocycles. The van der Waals surface area contributed by atoms with Crippen LogP contribution in [0, 0.1) is 5.92 Å². The van der Waals surface area contributed by atoms with Crippen LogP contribution in [0.4, 0.5) is 34.1 Å². The highest BCUT2D eigenvalue weighted by atomic mass is 35.5. The molecule has 1 fully saturated rings. The molecule has 0 spiro atoms. The van der Waals surface area contributed by atoms with Gasteiger partial charge in [0.05, 0.1) is 16.3 Å². The molecule has 1 aliphatic heterocycles. The van der Waals surface area contributed by atoms with Crippen molar-refractivity contribution >= 4 is 35.0 Å². The smallest absolute Gasteiger partial charge is 0.338 e. The molecule has 1 aliphatic rings. The fraction of sp³-hybridized carbons (Fsp3) is 0.350. The average molecular weight is 456 g/mol. The van der Waals surface area contributed by atoms with E-state index in [1.165, 1.54) is 4.90 Å². The number of hydrogen-bond acceptors (Lipinski definition) is 3. The fourth-order valence-electron chi connectivity index (χ4n) is 3.18. The van der Waals surface area contributed by atoms with Gasteiger partial charge in [-0.05, 0) is 49.1 Å². The van der Waals surface area contributed by atoms with Crippen LogP contribution in [0.15, 0.2) is 42.7 Å². The van der Waals surface area contributed by atoms with E-state index < -0.39 is 17.8 Å². The number of urea groups is 2. The van der Waals surface area contributed by atoms with E-state index in [0.29, 0.717) is 38.2 Å². The molecule has 0 unspecified atom stereocenters. The summed E-state index contributed by atoms with van der Waals surface area (Å²) in [5.74, 6) is 0.185. The zero-order valence-corrected chi connectivity index (χ0v) is 17.1. The summed E-state index contributed by atoms with van der Waals surface area (Å²) in [6.45, 7) is 1.29. The van der Waals surface area contributed by atoms with Gasteiger partial charge in [0.2, 0.25) is 0 Å². The third-order valence-corrected chi connectivity index (χ3v) is 5.26. The number of carbonyl (C=O) groups excluding carboxylic acids is 2. The Morgan fingerprint density at radius 2 is 1.77 bits per heavy atom. The minimum absolute atomic E-state index is 0.0284. The second kappa shape index (κ2) is 9.86. The molecule has 1 aromatic carbocycles. The molecule has 0 aliphatic carbocycles. The molecular formula is C20H21ClF3N5O2. The highest BCUT2D eigenvalue weighted by molar-refractivity contribution is 6.33. The molecule has 2 aromatic rings. The first kappa shape index (κ1) is 22.7. The van der Waals surface area contributed by atoms with Crippen LogP contribution in [0.1, 0.15) is 18.4 Å². The van der Waals surface area contributed by atoms with Crippen LogP contribution in [0.25, 0.3) is 0 Å². The van der Waals surface area contributed by atoms with Gasteiger partial charge in [-0.1, -0.05) is 11.6 Å². The molecule has 11 heteroatoms. The number of pyridine rings is 1. The number of likely N-dealkylation sites (tertiary alicyclic amines) is 1. The maximum absolute atomic E-state index is 12.9. The van der Waals surface area contributed by atoms with Gasteiger partial charge < -0.3 is 20.9 Å². The summed E-state index contributed by atoms with van der Waals surface area (Å²) in [5.41, 5.74) is -0.340. The topological polar surface area (TPSA) is 86.4 Å². The number of halogens is 4. The molecular weight excluding hydrogens is 435 g/mol. The lowest BCUT2D eigenvalue weighted by Crippen LogP contribution is -2.43. The predicted octanol–water partition coefficient (Wildman–Crippen LogP) is 4.82. The van der Waals surface area contributed by atoms with Crippen LogP contribution in [-0.2, 0) is 6.18 Å². The molecule has 31 heavy (non-hydrogen) atoms. The summed E-state index contributed by atoms with van der Waals surface area (Å²) in [6, 6.07) is 5.29. The first-order valence-electron chi connectivity index (χ1n) is 9.60. The Labute approximate surface area is 182 Å². The van der Waals surface area contributed by atoms with E-state index in [0.717, 1.165) is 18.2 Å². The van der Waals surface area contributed by atoms with Crippen molar-refractivity contribution in [1.29, 1.82) is 0 Å². The van der Waals surface area contributed by atoms with E-state index in [1.807, 2.05) is 0 Å². The summed E-state index contributed by atoms with van der Waals surface area (Å²) < 4.78 is 38.6. The Morgan fingerprint density at radius 3 is 2.42 bits per heavy atom. The Balaban J connectivity index is 1.45. The SMILES string of the molecule is O=C(NCC1CCN(C(=O)Nc2cc(C(F)(F)F)ccc2Cl)CC1)Nc1ccncc1. The maximum atomic E-state index is 12.9. The van der Waals surface area contributed by atoms with Gasteiger partial charge in [0, 0.05) is 37.7 Å². The van der Waals surface area contributed by atoms with Crippen LogP contribution in [0.2, 0.25) is 5.02 Å². The zero-order chi connectivity index (χ0) is 22.4. The molecule has 0 atom stereocenters. The number of nitrogens with one attached hydrogen (secondary N) is 3. The van der Waals surface area contributed by atoms with E-state index in [9.17, 15) is 22.8 Å². The second-order valence-corrected chi connectivity index (χ2v) is 7.53. The first-order valence-corrected chi connectivity index (χ1v) is 9.97. The molecule has 0 saturated carbocycles. The third kappa shape index (κ3) is 6.48. The number of hydrogen-bond donors (Lipinski definition) is 3. The quantitative estimate of drug-likeness (QED) is 0.617. The predicted molar refractivity (Wildman–Crippen MR) is 111 cm³/mol. The van der Waals surface area contributed by atoms with Crippen molar-refractivity contribution in [3.63, 3.8) is 0 Å². The van der Waals surface area contributed by atoms with Crippen molar-refractivity contribution in [3.8, 4) is 0 Å². The largest absolute Gasteiger partial charge is 0.416 e. The Bertz CT molecular complexity index is 919. The number of anilines is 2. The van der Waals surface area contributed by atoms with E-state index in [-0.39, 0.29) is 22.7 Å². The molecule has 2 heterocycles. The molecule has 166 valence electrons. The molecule has 4 amide bonds. The summed E-state index contributed by atoms with van der Waals surface area (Å²) >= 11 is 5.93. The lowest BCUT2D eigenvalue weighted by atomic mass is 9.97. The highest BCUT2D eigenvalue weighted by Gasteiger charge is 2.31. The average Bonchev–Trinajstić information content (AvgIpc) is 2.74. The number of amides is 4. The lowest BCUT2D eigenvalue weighted by Gasteiger charge is -2.32. The van der Waals surface area contributed by atoms with Crippen LogP contribution < -0.4 is 16.0 Å². The van der Waals surface area contributed by atoms with Gasteiger partial charge in [0.25, 0.3) is 0 Å². The van der Waals surface area contributed by atoms with Crippen LogP contribution in [0.3, 0.4) is 0 Å². The third-order valence-electron chi connectivity index (χ3n) is 4.93. The number of benzene rings is 1. The highest BCUT2D eigenvalue weighted by Crippen LogP contribution is 2.34. The van der Waals surface area contributed by atoms with Gasteiger partial charge in [-0.25, -0.2) is 9.59 Å². The minimum atomic E-state index is -4.53. The Morgan fingerprint density at radius 1 is 1.10 bits per heavy atom. The number of alkyl halides is 3. The van der Waals surface area contributed by atoms with Gasteiger partial charge in [0.1, 0.15) is 0 Å². The van der Waals surface area contributed by atoms with Gasteiger partial charge in [-0.15, -0.1) is 0 Å². The monoisotopic (exact) mass is 455 g/mol. The Kier molecular flexibility index (Phi) is 7.21. The summed E-state index contributed by atoms with van der Waals surface area (Å²) in [4.78, 5) is 29.8. The Hall–Kier alpha value is -3.01. The molecule has 1 saturated heterocycles. The van der Waals surface area contributed by atoms with E-state index in [1.54, 1.807) is 24.5 Å². The van der Waals surface area contributed by atoms with Crippen molar-refractivity contribution in [1.82, 2.24) is 15.2 Å². The standard InChI is InChI=1S/C20H21ClF3N5O2/c21-16-2-1-14(20(22,23)24)11-17(16)28-19(31)29-9-5-13(6-10-29)12-26-18(30)27-15-3-7-25-8-4-15/h1-4,7-8,11,13H,5-6,9-10,12H2,(H,28,31)(H2,25,26,27,30). The van der Waals surface area contributed by atoms with Crippen molar-refractivity contribution in [2.24, 2.45) is 5.92 Å². The van der Waals surface area contributed by atoms with Crippen molar-refractivity contribution in [2.75, 3.05) is 30.3 Å². The molecule has 7 nitrogen and oxygen atoms in total. The number of piperidine rings is 1. The van der Waals surface area contributed by atoms with Gasteiger partial charge in [0.15, 0.2) is 0 Å². The summed E-state index contributed by atoms with van der Waals surface area (Å²) in [7, 11) is 0. The number of aromatic nitrogens is 1. The number of rotatable bonds is 4. The lowest BCUT2D eigenvalue weighted by molar-refractivity contribution is -0.137. The summed E-state index contributed by atoms with van der Waals surface area (Å²) in [5, 5.41) is 7.98. The first-order chi connectivity index (χ1) is 14.7. The fourth-order valence-corrected chi connectivity index (χ4v) is 3.34. The number of carbonyl (C=O) groups is 2. The van der Waals surface area contributed by atoms with Crippen molar-refractivity contribution in [3.05, 3.63) is 53.3 Å². The van der Waals surface area contributed by atoms with Crippen LogP contribution in [-0.4, -0.2) is 41.6 Å². The molecule has 3 rings (SSSR count). The van der Waals surface area contributed by atoms with E-state index in [4.69, 9.17) is 11.6 Å².